The van der Waals surface area contributed by atoms with Crippen LogP contribution < -0.4 is 4.74 Å². The summed E-state index contributed by atoms with van der Waals surface area (Å²) in [7, 11) is 0. The second-order valence-electron chi connectivity index (χ2n) is 7.82. The van der Waals surface area contributed by atoms with Crippen LogP contribution in [0.15, 0.2) is 72.1 Å². The molecule has 0 aliphatic heterocycles. The molecule has 166 valence electrons. The van der Waals surface area contributed by atoms with E-state index in [-0.39, 0.29) is 17.4 Å². The third kappa shape index (κ3) is 5.02. The van der Waals surface area contributed by atoms with Crippen LogP contribution in [0.25, 0.3) is 10.8 Å². The van der Waals surface area contributed by atoms with Crippen LogP contribution in [0, 0.1) is 23.1 Å². The van der Waals surface area contributed by atoms with Crippen molar-refractivity contribution in [3.05, 3.63) is 88.5 Å². The molecule has 0 spiro atoms. The van der Waals surface area contributed by atoms with Crippen LogP contribution in [0.5, 0.6) is 11.6 Å². The quantitative estimate of drug-likeness (QED) is 0.284. The predicted octanol–water partition coefficient (Wildman–Crippen LogP) is 6.78. The van der Waals surface area contributed by atoms with Gasteiger partial charge in [0.25, 0.3) is 0 Å². The summed E-state index contributed by atoms with van der Waals surface area (Å²) in [5.41, 5.74) is 0.278. The lowest BCUT2D eigenvalue weighted by atomic mass is 9.92. The van der Waals surface area contributed by atoms with Crippen LogP contribution in [-0.2, 0) is 9.53 Å². The first kappa shape index (κ1) is 22.4. The van der Waals surface area contributed by atoms with E-state index in [2.05, 4.69) is 4.98 Å². The summed E-state index contributed by atoms with van der Waals surface area (Å²) in [5.74, 6) is -0.651. The molecule has 0 aliphatic rings. The van der Waals surface area contributed by atoms with Crippen molar-refractivity contribution >= 4 is 28.1 Å². The highest BCUT2D eigenvalue weighted by Gasteiger charge is 2.31. The van der Waals surface area contributed by atoms with Crippen molar-refractivity contribution in [2.45, 2.75) is 25.9 Å². The summed E-state index contributed by atoms with van der Waals surface area (Å²) in [6.07, 6.45) is -1.19. The van der Waals surface area contributed by atoms with Gasteiger partial charge in [-0.25, -0.2) is 9.37 Å². The van der Waals surface area contributed by atoms with Gasteiger partial charge in [-0.2, -0.15) is 5.26 Å². The molecular weight excluding hydrogens is 439 g/mol. The fourth-order valence-electron chi connectivity index (χ4n) is 3.55. The minimum absolute atomic E-state index is 0.0931. The van der Waals surface area contributed by atoms with Crippen LogP contribution >= 0.6 is 11.3 Å². The lowest BCUT2D eigenvalue weighted by Gasteiger charge is -2.21. The number of ether oxygens (including phenoxy) is 2. The predicted molar refractivity (Wildman–Crippen MR) is 125 cm³/mol. The Balaban J connectivity index is 1.57. The number of aromatic nitrogens is 1. The molecule has 4 aromatic rings. The van der Waals surface area contributed by atoms with E-state index in [0.717, 1.165) is 15.6 Å². The Hall–Kier alpha value is -3.76. The Bertz CT molecular complexity index is 1310. The summed E-state index contributed by atoms with van der Waals surface area (Å²) in [4.78, 5) is 18.4. The van der Waals surface area contributed by atoms with Crippen molar-refractivity contribution < 1.29 is 18.7 Å². The lowest BCUT2D eigenvalue weighted by molar-refractivity contribution is -0.150. The maximum Gasteiger partial charge on any atom is 0.316 e. The molecule has 5 nitrogen and oxygen atoms in total. The Kier molecular flexibility index (Phi) is 6.66. The maximum absolute atomic E-state index is 13.6. The third-order valence-electron chi connectivity index (χ3n) is 5.13. The molecule has 0 bridgehead atoms. The van der Waals surface area contributed by atoms with Crippen molar-refractivity contribution in [2.24, 2.45) is 5.92 Å². The lowest BCUT2D eigenvalue weighted by Crippen LogP contribution is -2.22. The SMILES string of the molecule is CC(C)C(C(=O)OC(C#N)c1cccc(Oc2ccccc2)n1)c1scc2cc(F)ccc12. The smallest absolute Gasteiger partial charge is 0.316 e. The molecule has 7 heteroatoms. The number of hydrogen-bond donors (Lipinski definition) is 0. The molecule has 0 amide bonds. The zero-order chi connectivity index (χ0) is 23.4. The van der Waals surface area contributed by atoms with Crippen LogP contribution in [0.3, 0.4) is 0 Å². The molecule has 0 N–H and O–H groups in total. The van der Waals surface area contributed by atoms with Gasteiger partial charge in [-0.1, -0.05) is 44.2 Å². The molecule has 0 saturated heterocycles. The van der Waals surface area contributed by atoms with E-state index in [4.69, 9.17) is 9.47 Å². The van der Waals surface area contributed by atoms with Crippen LogP contribution in [0.1, 0.15) is 36.4 Å². The van der Waals surface area contributed by atoms with Crippen LogP contribution in [0.2, 0.25) is 0 Å². The monoisotopic (exact) mass is 460 g/mol. The number of rotatable bonds is 7. The molecule has 0 fully saturated rings. The molecule has 33 heavy (non-hydrogen) atoms. The van der Waals surface area contributed by atoms with Gasteiger partial charge in [-0.3, -0.25) is 4.79 Å². The highest BCUT2D eigenvalue weighted by atomic mass is 32.1. The largest absolute Gasteiger partial charge is 0.440 e. The number of halogens is 1. The van der Waals surface area contributed by atoms with E-state index in [1.54, 1.807) is 36.4 Å². The van der Waals surface area contributed by atoms with Crippen molar-refractivity contribution in [1.82, 2.24) is 4.98 Å². The first-order chi connectivity index (χ1) is 16.0. The fraction of sp³-hybridized carbons (Fsp3) is 0.192. The van der Waals surface area contributed by atoms with E-state index in [1.807, 2.05) is 43.5 Å². The average Bonchev–Trinajstić information content (AvgIpc) is 3.20. The summed E-state index contributed by atoms with van der Waals surface area (Å²) < 4.78 is 25.0. The first-order valence-corrected chi connectivity index (χ1v) is 11.3. The van der Waals surface area contributed by atoms with Crippen molar-refractivity contribution in [3.8, 4) is 17.7 Å². The molecule has 2 aromatic heterocycles. The summed E-state index contributed by atoms with van der Waals surface area (Å²) in [5, 5.41) is 13.1. The van der Waals surface area contributed by atoms with Crippen molar-refractivity contribution in [2.75, 3.05) is 0 Å². The van der Waals surface area contributed by atoms with Gasteiger partial charge in [0.2, 0.25) is 12.0 Å². The van der Waals surface area contributed by atoms with E-state index in [0.29, 0.717) is 11.6 Å². The summed E-state index contributed by atoms with van der Waals surface area (Å²) in [6.45, 7) is 3.82. The molecule has 0 radical (unpaired) electrons. The Morgan fingerprint density at radius 2 is 1.88 bits per heavy atom. The molecule has 4 rings (SSSR count). The topological polar surface area (TPSA) is 72.2 Å². The molecule has 2 atom stereocenters. The number of carbonyl (C=O) groups is 1. The number of pyridine rings is 1. The van der Waals surface area contributed by atoms with E-state index < -0.39 is 18.0 Å². The zero-order valence-electron chi connectivity index (χ0n) is 18.1. The summed E-state index contributed by atoms with van der Waals surface area (Å²) >= 11 is 1.38. The van der Waals surface area contributed by atoms with Gasteiger partial charge in [0, 0.05) is 10.9 Å². The number of thiophene rings is 1. The fourth-order valence-corrected chi connectivity index (χ4v) is 4.83. The van der Waals surface area contributed by atoms with E-state index in [9.17, 15) is 14.4 Å². The highest BCUT2D eigenvalue weighted by Crippen LogP contribution is 2.38. The van der Waals surface area contributed by atoms with Gasteiger partial charge in [-0.05, 0) is 52.4 Å². The number of benzene rings is 2. The number of nitrogens with zero attached hydrogens (tertiary/aromatic N) is 2. The van der Waals surface area contributed by atoms with Crippen molar-refractivity contribution in [3.63, 3.8) is 0 Å². The number of para-hydroxylation sites is 1. The first-order valence-electron chi connectivity index (χ1n) is 10.4. The van der Waals surface area contributed by atoms with E-state index >= 15 is 0 Å². The zero-order valence-corrected chi connectivity index (χ0v) is 18.9. The maximum atomic E-state index is 13.6. The third-order valence-corrected chi connectivity index (χ3v) is 6.23. The van der Waals surface area contributed by atoms with E-state index in [1.165, 1.54) is 23.5 Å². The highest BCUT2D eigenvalue weighted by molar-refractivity contribution is 7.11. The Labute approximate surface area is 195 Å². The number of nitriles is 1. The van der Waals surface area contributed by atoms with Gasteiger partial charge >= 0.3 is 5.97 Å². The van der Waals surface area contributed by atoms with Gasteiger partial charge < -0.3 is 9.47 Å². The minimum atomic E-state index is -1.19. The number of hydrogen-bond acceptors (Lipinski definition) is 6. The molecule has 2 unspecified atom stereocenters. The van der Waals surface area contributed by atoms with Crippen LogP contribution in [-0.4, -0.2) is 11.0 Å². The second-order valence-corrected chi connectivity index (χ2v) is 8.73. The molecular formula is C26H21FN2O3S. The van der Waals surface area contributed by atoms with Gasteiger partial charge in [0.15, 0.2) is 0 Å². The molecule has 0 saturated carbocycles. The molecule has 2 heterocycles. The standard InChI is InChI=1S/C26H21FN2O3S/c1-16(2)24(25-20-12-11-18(27)13-17(20)15-33-25)26(30)32-22(14-28)21-9-6-10-23(29-21)31-19-7-4-3-5-8-19/h3-13,15-16,22,24H,1-2H3. The molecule has 0 aliphatic carbocycles. The average molecular weight is 461 g/mol. The summed E-state index contributed by atoms with van der Waals surface area (Å²) in [6, 6.07) is 20.6. The number of carbonyl (C=O) groups excluding carboxylic acids is 1. The number of esters is 1. The Morgan fingerprint density at radius 1 is 1.09 bits per heavy atom. The van der Waals surface area contributed by atoms with Gasteiger partial charge in [-0.15, -0.1) is 11.3 Å². The Morgan fingerprint density at radius 3 is 2.61 bits per heavy atom. The van der Waals surface area contributed by atoms with Gasteiger partial charge in [0.1, 0.15) is 17.6 Å². The van der Waals surface area contributed by atoms with Gasteiger partial charge in [0.05, 0.1) is 11.6 Å². The van der Waals surface area contributed by atoms with Crippen molar-refractivity contribution in [1.29, 1.82) is 5.26 Å². The molecule has 2 aromatic carbocycles. The minimum Gasteiger partial charge on any atom is -0.440 e. The normalized spacial score (nSPS) is 12.8. The number of fused-ring (bicyclic) bond motifs is 1. The van der Waals surface area contributed by atoms with Crippen LogP contribution in [0.4, 0.5) is 4.39 Å². The second kappa shape index (κ2) is 9.80.